The summed E-state index contributed by atoms with van der Waals surface area (Å²) in [5.74, 6) is 0.0206. The highest BCUT2D eigenvalue weighted by molar-refractivity contribution is 6.11. The molecule has 0 bridgehead atoms. The molecule has 1 N–H and O–H groups in total. The van der Waals surface area contributed by atoms with Crippen molar-refractivity contribution in [3.8, 4) is 0 Å². The predicted molar refractivity (Wildman–Crippen MR) is 109 cm³/mol. The number of Topliss-reactive ketones (excluding diaryl/α,β-unsaturated/α-hetero) is 1. The van der Waals surface area contributed by atoms with Crippen molar-refractivity contribution in [1.29, 1.82) is 0 Å². The number of hydrogen-bond acceptors (Lipinski definition) is 3. The number of carbonyl (C=O) groups is 1. The summed E-state index contributed by atoms with van der Waals surface area (Å²) in [5, 5.41) is 3.36. The van der Waals surface area contributed by atoms with Gasteiger partial charge in [-0.25, -0.2) is 0 Å². The third-order valence-electron chi connectivity index (χ3n) is 4.25. The zero-order chi connectivity index (χ0) is 18.5. The SMILES string of the molecule is C=CCNCN(CCCCCCCC)c1ccccc1C(=O)C(=C)C. The van der Waals surface area contributed by atoms with Gasteiger partial charge in [0.1, 0.15) is 0 Å². The zero-order valence-corrected chi connectivity index (χ0v) is 16.0. The van der Waals surface area contributed by atoms with Crippen LogP contribution in [0.25, 0.3) is 0 Å². The Bertz CT molecular complexity index is 551. The largest absolute Gasteiger partial charge is 0.358 e. The molecule has 25 heavy (non-hydrogen) atoms. The van der Waals surface area contributed by atoms with Crippen LogP contribution in [-0.4, -0.2) is 25.5 Å². The monoisotopic (exact) mass is 342 g/mol. The summed E-state index contributed by atoms with van der Waals surface area (Å²) in [6.45, 7) is 14.0. The third-order valence-corrected chi connectivity index (χ3v) is 4.25. The van der Waals surface area contributed by atoms with Gasteiger partial charge < -0.3 is 4.90 Å². The minimum absolute atomic E-state index is 0.0206. The van der Waals surface area contributed by atoms with Crippen LogP contribution in [0.2, 0.25) is 0 Å². The molecule has 1 aromatic rings. The number of nitrogens with one attached hydrogen (secondary N) is 1. The lowest BCUT2D eigenvalue weighted by Gasteiger charge is -2.27. The minimum Gasteiger partial charge on any atom is -0.358 e. The Morgan fingerprint density at radius 3 is 2.52 bits per heavy atom. The smallest absolute Gasteiger partial charge is 0.190 e. The summed E-state index contributed by atoms with van der Waals surface area (Å²) in [7, 11) is 0. The molecule has 0 saturated carbocycles. The molecule has 0 radical (unpaired) electrons. The fourth-order valence-electron chi connectivity index (χ4n) is 2.84. The maximum atomic E-state index is 12.5. The van der Waals surface area contributed by atoms with Gasteiger partial charge in [0.15, 0.2) is 5.78 Å². The van der Waals surface area contributed by atoms with Gasteiger partial charge in [0.05, 0.1) is 6.67 Å². The molecular formula is C22H34N2O. The van der Waals surface area contributed by atoms with Gasteiger partial charge in [-0.05, 0) is 31.1 Å². The lowest BCUT2D eigenvalue weighted by molar-refractivity contribution is 0.103. The summed E-state index contributed by atoms with van der Waals surface area (Å²) in [5.41, 5.74) is 2.30. The fraction of sp³-hybridized carbons (Fsp3) is 0.500. The number of allylic oxidation sites excluding steroid dienone is 1. The third kappa shape index (κ3) is 7.70. The van der Waals surface area contributed by atoms with Crippen LogP contribution >= 0.6 is 0 Å². The quantitative estimate of drug-likeness (QED) is 0.163. The predicted octanol–water partition coefficient (Wildman–Crippen LogP) is 5.35. The van der Waals surface area contributed by atoms with Crippen molar-refractivity contribution in [3.63, 3.8) is 0 Å². The van der Waals surface area contributed by atoms with Gasteiger partial charge in [-0.15, -0.1) is 6.58 Å². The van der Waals surface area contributed by atoms with Gasteiger partial charge in [0.25, 0.3) is 0 Å². The molecule has 0 spiro atoms. The Morgan fingerprint density at radius 1 is 1.16 bits per heavy atom. The molecule has 0 atom stereocenters. The number of unbranched alkanes of at least 4 members (excludes halogenated alkanes) is 5. The van der Waals surface area contributed by atoms with E-state index in [2.05, 4.69) is 30.3 Å². The summed E-state index contributed by atoms with van der Waals surface area (Å²) < 4.78 is 0. The van der Waals surface area contributed by atoms with Crippen LogP contribution in [0.4, 0.5) is 5.69 Å². The summed E-state index contributed by atoms with van der Waals surface area (Å²) in [4.78, 5) is 14.7. The number of hydrogen-bond donors (Lipinski definition) is 1. The molecule has 0 aliphatic rings. The van der Waals surface area contributed by atoms with E-state index in [1.165, 1.54) is 32.1 Å². The lowest BCUT2D eigenvalue weighted by atomic mass is 10.0. The first-order valence-corrected chi connectivity index (χ1v) is 9.47. The highest BCUT2D eigenvalue weighted by atomic mass is 16.1. The Morgan fingerprint density at radius 2 is 1.84 bits per heavy atom. The molecule has 1 aromatic carbocycles. The first-order valence-electron chi connectivity index (χ1n) is 9.47. The van der Waals surface area contributed by atoms with E-state index >= 15 is 0 Å². The number of nitrogens with zero attached hydrogens (tertiary/aromatic N) is 1. The van der Waals surface area contributed by atoms with E-state index in [0.29, 0.717) is 12.2 Å². The van der Waals surface area contributed by atoms with Crippen molar-refractivity contribution in [1.82, 2.24) is 5.32 Å². The molecule has 3 nitrogen and oxygen atoms in total. The Kier molecular flexibility index (Phi) is 10.6. The zero-order valence-electron chi connectivity index (χ0n) is 16.0. The van der Waals surface area contributed by atoms with Crippen molar-refractivity contribution in [3.05, 3.63) is 54.6 Å². The van der Waals surface area contributed by atoms with Crippen LogP contribution in [0.5, 0.6) is 0 Å². The molecule has 0 amide bonds. The molecule has 0 fully saturated rings. The number of para-hydroxylation sites is 1. The standard InChI is InChI=1S/C22H34N2O/c1-5-7-8-9-10-13-17-24(18-23-16-6-2)21-15-12-11-14-20(21)22(25)19(3)4/h6,11-12,14-15,23H,2-3,5,7-10,13,16-18H2,1,4H3. The van der Waals surface area contributed by atoms with Gasteiger partial charge >= 0.3 is 0 Å². The van der Waals surface area contributed by atoms with Crippen LogP contribution < -0.4 is 10.2 Å². The molecule has 3 heteroatoms. The van der Waals surface area contributed by atoms with Gasteiger partial charge in [0, 0.05) is 24.3 Å². The van der Waals surface area contributed by atoms with Crippen molar-refractivity contribution in [2.45, 2.75) is 52.4 Å². The Labute approximate surface area is 153 Å². The first kappa shape index (κ1) is 21.2. The second-order valence-electron chi connectivity index (χ2n) is 6.56. The van der Waals surface area contributed by atoms with E-state index in [1.54, 1.807) is 6.92 Å². The second kappa shape index (κ2) is 12.5. The van der Waals surface area contributed by atoms with Crippen molar-refractivity contribution in [2.75, 3.05) is 24.7 Å². The highest BCUT2D eigenvalue weighted by Crippen LogP contribution is 2.23. The maximum Gasteiger partial charge on any atom is 0.190 e. The van der Waals surface area contributed by atoms with Crippen LogP contribution in [0, 0.1) is 0 Å². The van der Waals surface area contributed by atoms with E-state index in [0.717, 1.165) is 30.8 Å². The molecule has 0 saturated heterocycles. The topological polar surface area (TPSA) is 32.3 Å². The van der Waals surface area contributed by atoms with E-state index in [-0.39, 0.29) is 5.78 Å². The van der Waals surface area contributed by atoms with Crippen LogP contribution in [0.15, 0.2) is 49.1 Å². The molecule has 0 aliphatic heterocycles. The average molecular weight is 343 g/mol. The molecule has 1 rings (SSSR count). The van der Waals surface area contributed by atoms with Gasteiger partial charge in [-0.3, -0.25) is 10.1 Å². The summed E-state index contributed by atoms with van der Waals surface area (Å²) in [6, 6.07) is 7.84. The Balaban J connectivity index is 2.79. The number of ketones is 1. The molecule has 0 unspecified atom stereocenters. The van der Waals surface area contributed by atoms with Gasteiger partial charge in [-0.2, -0.15) is 0 Å². The highest BCUT2D eigenvalue weighted by Gasteiger charge is 2.16. The Hall–Kier alpha value is -1.87. The van der Waals surface area contributed by atoms with E-state index in [4.69, 9.17) is 0 Å². The molecule has 0 heterocycles. The molecule has 0 aliphatic carbocycles. The minimum atomic E-state index is 0.0206. The van der Waals surface area contributed by atoms with Crippen LogP contribution in [0.3, 0.4) is 0 Å². The summed E-state index contributed by atoms with van der Waals surface area (Å²) in [6.07, 6.45) is 9.41. The average Bonchev–Trinajstić information content (AvgIpc) is 2.62. The number of benzene rings is 1. The molecule has 138 valence electrons. The van der Waals surface area contributed by atoms with Gasteiger partial charge in [0.2, 0.25) is 0 Å². The second-order valence-corrected chi connectivity index (χ2v) is 6.56. The van der Waals surface area contributed by atoms with E-state index in [1.807, 2.05) is 30.3 Å². The maximum absolute atomic E-state index is 12.5. The molecular weight excluding hydrogens is 308 g/mol. The van der Waals surface area contributed by atoms with E-state index in [9.17, 15) is 4.79 Å². The number of rotatable bonds is 14. The normalized spacial score (nSPS) is 10.5. The molecule has 0 aromatic heterocycles. The van der Waals surface area contributed by atoms with Crippen LogP contribution in [-0.2, 0) is 0 Å². The number of anilines is 1. The summed E-state index contributed by atoms with van der Waals surface area (Å²) >= 11 is 0. The van der Waals surface area contributed by atoms with Crippen molar-refractivity contribution >= 4 is 11.5 Å². The van der Waals surface area contributed by atoms with Gasteiger partial charge in [-0.1, -0.05) is 63.8 Å². The number of carbonyl (C=O) groups excluding carboxylic acids is 1. The van der Waals surface area contributed by atoms with E-state index < -0.39 is 0 Å². The van der Waals surface area contributed by atoms with Crippen molar-refractivity contribution < 1.29 is 4.79 Å². The first-order chi connectivity index (χ1) is 12.1. The van der Waals surface area contributed by atoms with Crippen LogP contribution in [0.1, 0.15) is 62.7 Å². The van der Waals surface area contributed by atoms with Crippen molar-refractivity contribution in [2.24, 2.45) is 0 Å². The lowest BCUT2D eigenvalue weighted by Crippen LogP contribution is -2.36. The fourth-order valence-corrected chi connectivity index (χ4v) is 2.84.